The lowest BCUT2D eigenvalue weighted by Gasteiger charge is -2.10. The van der Waals surface area contributed by atoms with Crippen LogP contribution in [0.15, 0.2) is 18.2 Å². The van der Waals surface area contributed by atoms with E-state index in [1.807, 2.05) is 0 Å². The monoisotopic (exact) mass is 322 g/mol. The first-order chi connectivity index (χ1) is 9.34. The molecule has 0 aliphatic rings. The van der Waals surface area contributed by atoms with E-state index < -0.39 is 21.7 Å². The van der Waals surface area contributed by atoms with Crippen molar-refractivity contribution in [1.82, 2.24) is 0 Å². The zero-order chi connectivity index (χ0) is 15.2. The largest absolute Gasteiger partial charge is 0.324 e. The number of alkyl halides is 1. The van der Waals surface area contributed by atoms with E-state index in [9.17, 15) is 17.6 Å². The van der Waals surface area contributed by atoms with Gasteiger partial charge in [0.05, 0.1) is 17.1 Å². The summed E-state index contributed by atoms with van der Waals surface area (Å²) in [6.45, 7) is 1.24. The van der Waals surface area contributed by atoms with E-state index >= 15 is 0 Å². The highest BCUT2D eigenvalue weighted by Crippen LogP contribution is 2.20. The van der Waals surface area contributed by atoms with Gasteiger partial charge in [0.1, 0.15) is 5.82 Å². The number of halogens is 2. The summed E-state index contributed by atoms with van der Waals surface area (Å²) in [6, 6.07) is 3.61. The molecular formula is C12H16ClFN2O3S. The van der Waals surface area contributed by atoms with Crippen molar-refractivity contribution >= 4 is 38.9 Å². The average molecular weight is 323 g/mol. The Bertz CT molecular complexity index is 578. The van der Waals surface area contributed by atoms with Gasteiger partial charge in [-0.2, -0.15) is 0 Å². The molecule has 0 aliphatic heterocycles. The summed E-state index contributed by atoms with van der Waals surface area (Å²) in [4.78, 5) is 10.9. The van der Waals surface area contributed by atoms with Crippen LogP contribution in [0.2, 0.25) is 0 Å². The minimum atomic E-state index is -3.51. The highest BCUT2D eigenvalue weighted by atomic mass is 35.5. The molecule has 0 heterocycles. The Balaban J connectivity index is 2.79. The molecule has 8 heteroatoms. The van der Waals surface area contributed by atoms with Crippen molar-refractivity contribution in [3.05, 3.63) is 24.0 Å². The van der Waals surface area contributed by atoms with Crippen molar-refractivity contribution in [3.8, 4) is 0 Å². The Kier molecular flexibility index (Phi) is 6.22. The van der Waals surface area contributed by atoms with E-state index in [4.69, 9.17) is 11.6 Å². The highest BCUT2D eigenvalue weighted by molar-refractivity contribution is 7.92. The standard InChI is InChI=1S/C12H16ClFN2O3S/c1-9(17)15-12-8-10(4-5-11(12)14)16-20(18,19)7-3-2-6-13/h4-5,8,16H,2-3,6-7H2,1H3,(H,15,17). The van der Waals surface area contributed by atoms with Gasteiger partial charge in [0.15, 0.2) is 0 Å². The number of sulfonamides is 1. The minimum Gasteiger partial charge on any atom is -0.324 e. The fraction of sp³-hybridized carbons (Fsp3) is 0.417. The number of unbranched alkanes of at least 4 members (excludes halogenated alkanes) is 1. The first kappa shape index (κ1) is 16.7. The lowest BCUT2D eigenvalue weighted by atomic mass is 10.2. The van der Waals surface area contributed by atoms with Crippen molar-refractivity contribution in [2.24, 2.45) is 0 Å². The molecule has 0 saturated heterocycles. The number of anilines is 2. The van der Waals surface area contributed by atoms with E-state index in [1.54, 1.807) is 0 Å². The van der Waals surface area contributed by atoms with Crippen LogP contribution in [0.3, 0.4) is 0 Å². The molecule has 20 heavy (non-hydrogen) atoms. The summed E-state index contributed by atoms with van der Waals surface area (Å²) < 4.78 is 39.2. The second kappa shape index (κ2) is 7.44. The summed E-state index contributed by atoms with van der Waals surface area (Å²) in [6.07, 6.45) is 1.04. The lowest BCUT2D eigenvalue weighted by Crippen LogP contribution is -2.17. The fourth-order valence-electron chi connectivity index (χ4n) is 1.49. The quantitative estimate of drug-likeness (QED) is 0.598. The van der Waals surface area contributed by atoms with Crippen LogP contribution in [-0.4, -0.2) is 26.0 Å². The van der Waals surface area contributed by atoms with E-state index in [-0.39, 0.29) is 17.1 Å². The SMILES string of the molecule is CC(=O)Nc1cc(NS(=O)(=O)CCCCCl)ccc1F. The molecule has 112 valence electrons. The Morgan fingerprint density at radius 1 is 1.35 bits per heavy atom. The van der Waals surface area contributed by atoms with Crippen LogP contribution < -0.4 is 10.0 Å². The van der Waals surface area contributed by atoms with Crippen LogP contribution in [-0.2, 0) is 14.8 Å². The number of hydrogen-bond donors (Lipinski definition) is 2. The van der Waals surface area contributed by atoms with E-state index in [2.05, 4.69) is 10.0 Å². The van der Waals surface area contributed by atoms with E-state index in [0.29, 0.717) is 18.7 Å². The van der Waals surface area contributed by atoms with Gasteiger partial charge in [0.2, 0.25) is 15.9 Å². The summed E-state index contributed by atoms with van der Waals surface area (Å²) >= 11 is 5.48. The molecule has 1 amide bonds. The number of rotatable bonds is 7. The van der Waals surface area contributed by atoms with Gasteiger partial charge in [-0.1, -0.05) is 0 Å². The molecule has 1 aromatic carbocycles. The molecule has 1 aromatic rings. The smallest absolute Gasteiger partial charge is 0.232 e. The van der Waals surface area contributed by atoms with Gasteiger partial charge in [0.25, 0.3) is 0 Å². The molecule has 0 saturated carbocycles. The first-order valence-electron chi connectivity index (χ1n) is 5.97. The van der Waals surface area contributed by atoms with Crippen LogP contribution in [0.5, 0.6) is 0 Å². The normalized spacial score (nSPS) is 11.2. The predicted molar refractivity (Wildman–Crippen MR) is 78.1 cm³/mol. The van der Waals surface area contributed by atoms with Crippen molar-refractivity contribution in [1.29, 1.82) is 0 Å². The molecule has 0 radical (unpaired) electrons. The van der Waals surface area contributed by atoms with Gasteiger partial charge in [0, 0.05) is 12.8 Å². The summed E-state index contributed by atoms with van der Waals surface area (Å²) in [5.74, 6) is -0.734. The van der Waals surface area contributed by atoms with E-state index in [0.717, 1.165) is 6.07 Å². The van der Waals surface area contributed by atoms with Gasteiger partial charge in [-0.15, -0.1) is 11.6 Å². The Labute approximate surface area is 122 Å². The third-order valence-corrected chi connectivity index (χ3v) is 3.99. The van der Waals surface area contributed by atoms with Gasteiger partial charge in [-0.25, -0.2) is 12.8 Å². The number of amides is 1. The first-order valence-corrected chi connectivity index (χ1v) is 8.16. The van der Waals surface area contributed by atoms with E-state index in [1.165, 1.54) is 19.1 Å². The van der Waals surface area contributed by atoms with Crippen LogP contribution in [0.1, 0.15) is 19.8 Å². The van der Waals surface area contributed by atoms with Crippen molar-refractivity contribution in [3.63, 3.8) is 0 Å². The zero-order valence-electron chi connectivity index (χ0n) is 10.9. The molecule has 0 fully saturated rings. The molecule has 0 aromatic heterocycles. The maximum Gasteiger partial charge on any atom is 0.232 e. The van der Waals surface area contributed by atoms with Crippen LogP contribution in [0.25, 0.3) is 0 Å². The predicted octanol–water partition coefficient (Wildman–Crippen LogP) is 2.54. The number of carbonyl (C=O) groups excluding carboxylic acids is 1. The van der Waals surface area contributed by atoms with Crippen LogP contribution in [0, 0.1) is 5.82 Å². The molecule has 0 aliphatic carbocycles. The second-order valence-electron chi connectivity index (χ2n) is 4.19. The minimum absolute atomic E-state index is 0.0629. The van der Waals surface area contributed by atoms with Gasteiger partial charge >= 0.3 is 0 Å². The Morgan fingerprint density at radius 3 is 2.65 bits per heavy atom. The maximum atomic E-state index is 13.4. The number of carbonyl (C=O) groups is 1. The summed E-state index contributed by atoms with van der Waals surface area (Å²) in [7, 11) is -3.51. The number of benzene rings is 1. The van der Waals surface area contributed by atoms with Crippen molar-refractivity contribution < 1.29 is 17.6 Å². The van der Waals surface area contributed by atoms with Crippen LogP contribution >= 0.6 is 11.6 Å². The Hall–Kier alpha value is -1.34. The zero-order valence-corrected chi connectivity index (χ0v) is 12.5. The summed E-state index contributed by atoms with van der Waals surface area (Å²) in [5.41, 5.74) is 0.125. The molecule has 0 unspecified atom stereocenters. The highest BCUT2D eigenvalue weighted by Gasteiger charge is 2.12. The number of nitrogens with one attached hydrogen (secondary N) is 2. The topological polar surface area (TPSA) is 75.3 Å². The molecule has 0 bridgehead atoms. The average Bonchev–Trinajstić information content (AvgIpc) is 2.32. The molecule has 0 atom stereocenters. The van der Waals surface area contributed by atoms with Gasteiger partial charge in [-0.3, -0.25) is 9.52 Å². The molecule has 5 nitrogen and oxygen atoms in total. The molecule has 2 N–H and O–H groups in total. The number of hydrogen-bond acceptors (Lipinski definition) is 3. The third-order valence-electron chi connectivity index (χ3n) is 2.35. The second-order valence-corrected chi connectivity index (χ2v) is 6.41. The van der Waals surface area contributed by atoms with Gasteiger partial charge < -0.3 is 5.32 Å². The molecule has 1 rings (SSSR count). The fourth-order valence-corrected chi connectivity index (χ4v) is 2.85. The molecular weight excluding hydrogens is 307 g/mol. The van der Waals surface area contributed by atoms with Gasteiger partial charge in [-0.05, 0) is 31.0 Å². The third kappa shape index (κ3) is 5.75. The lowest BCUT2D eigenvalue weighted by molar-refractivity contribution is -0.114. The Morgan fingerprint density at radius 2 is 2.05 bits per heavy atom. The van der Waals surface area contributed by atoms with Crippen LogP contribution in [0.4, 0.5) is 15.8 Å². The maximum absolute atomic E-state index is 13.4. The summed E-state index contributed by atoms with van der Waals surface area (Å²) in [5, 5.41) is 2.29. The van der Waals surface area contributed by atoms with Crippen molar-refractivity contribution in [2.45, 2.75) is 19.8 Å². The molecule has 0 spiro atoms. The van der Waals surface area contributed by atoms with Crippen molar-refractivity contribution in [2.75, 3.05) is 21.7 Å².